The van der Waals surface area contributed by atoms with E-state index in [0.29, 0.717) is 0 Å². The van der Waals surface area contributed by atoms with Crippen molar-refractivity contribution in [1.82, 2.24) is 15.3 Å². The molecule has 0 saturated heterocycles. The second-order valence-electron chi connectivity index (χ2n) is 5.56. The first-order valence-corrected chi connectivity index (χ1v) is 7.34. The van der Waals surface area contributed by atoms with Crippen LogP contribution in [0.15, 0.2) is 24.3 Å². The Morgan fingerprint density at radius 1 is 1.05 bits per heavy atom. The molecule has 0 spiro atoms. The summed E-state index contributed by atoms with van der Waals surface area (Å²) in [5.74, 6) is 0.990. The standard InChI is InChI=1S/C17H21N3/c1-12-3-5-14(6-4-12)7-8-17-19-13(2)15-11-18-10-9-16(15)20-17/h3-6,18H,7-11H2,1-2H3. The Balaban J connectivity index is 1.74. The predicted molar refractivity (Wildman–Crippen MR) is 80.8 cm³/mol. The summed E-state index contributed by atoms with van der Waals surface area (Å²) in [5, 5.41) is 3.38. The van der Waals surface area contributed by atoms with Gasteiger partial charge in [0.2, 0.25) is 0 Å². The zero-order chi connectivity index (χ0) is 13.9. The molecule has 2 heterocycles. The van der Waals surface area contributed by atoms with Gasteiger partial charge < -0.3 is 5.32 Å². The Morgan fingerprint density at radius 3 is 2.65 bits per heavy atom. The maximum atomic E-state index is 4.76. The van der Waals surface area contributed by atoms with Crippen LogP contribution in [0.4, 0.5) is 0 Å². The first-order chi connectivity index (χ1) is 9.72. The molecule has 1 aliphatic rings. The molecule has 3 heteroatoms. The van der Waals surface area contributed by atoms with Crippen molar-refractivity contribution in [1.29, 1.82) is 0 Å². The number of hydrogen-bond acceptors (Lipinski definition) is 3. The summed E-state index contributed by atoms with van der Waals surface area (Å²) in [6, 6.07) is 8.73. The molecule has 0 fully saturated rings. The number of nitrogens with one attached hydrogen (secondary N) is 1. The average molecular weight is 267 g/mol. The molecule has 0 saturated carbocycles. The zero-order valence-electron chi connectivity index (χ0n) is 12.2. The average Bonchev–Trinajstić information content (AvgIpc) is 2.47. The normalized spacial score (nSPS) is 14.1. The number of fused-ring (bicyclic) bond motifs is 1. The Labute approximate surface area is 120 Å². The summed E-state index contributed by atoms with van der Waals surface area (Å²) in [6.45, 7) is 6.16. The van der Waals surface area contributed by atoms with Crippen molar-refractivity contribution in [3.8, 4) is 0 Å². The zero-order valence-corrected chi connectivity index (χ0v) is 12.2. The van der Waals surface area contributed by atoms with Crippen molar-refractivity contribution in [2.45, 2.75) is 39.7 Å². The van der Waals surface area contributed by atoms with E-state index in [4.69, 9.17) is 4.98 Å². The first kappa shape index (κ1) is 13.3. The van der Waals surface area contributed by atoms with E-state index >= 15 is 0 Å². The van der Waals surface area contributed by atoms with Gasteiger partial charge in [-0.25, -0.2) is 9.97 Å². The molecule has 0 aliphatic carbocycles. The summed E-state index contributed by atoms with van der Waals surface area (Å²) >= 11 is 0. The van der Waals surface area contributed by atoms with Gasteiger partial charge in [0, 0.05) is 37.2 Å². The van der Waals surface area contributed by atoms with Gasteiger partial charge in [-0.3, -0.25) is 0 Å². The van der Waals surface area contributed by atoms with Gasteiger partial charge in [-0.05, 0) is 25.8 Å². The molecule has 0 bridgehead atoms. The highest BCUT2D eigenvalue weighted by atomic mass is 14.9. The Hall–Kier alpha value is -1.74. The summed E-state index contributed by atoms with van der Waals surface area (Å²) in [7, 11) is 0. The van der Waals surface area contributed by atoms with Gasteiger partial charge in [-0.1, -0.05) is 29.8 Å². The number of benzene rings is 1. The molecule has 3 rings (SSSR count). The van der Waals surface area contributed by atoms with Crippen molar-refractivity contribution in [2.75, 3.05) is 6.54 Å². The van der Waals surface area contributed by atoms with E-state index in [-0.39, 0.29) is 0 Å². The second-order valence-corrected chi connectivity index (χ2v) is 5.56. The monoisotopic (exact) mass is 267 g/mol. The smallest absolute Gasteiger partial charge is 0.129 e. The molecule has 1 N–H and O–H groups in total. The third kappa shape index (κ3) is 2.88. The predicted octanol–water partition coefficient (Wildman–Crippen LogP) is 2.52. The Morgan fingerprint density at radius 2 is 1.85 bits per heavy atom. The van der Waals surface area contributed by atoms with E-state index in [0.717, 1.165) is 43.9 Å². The second kappa shape index (κ2) is 5.71. The molecule has 0 radical (unpaired) electrons. The van der Waals surface area contributed by atoms with Crippen molar-refractivity contribution < 1.29 is 0 Å². The quantitative estimate of drug-likeness (QED) is 0.928. The molecule has 3 nitrogen and oxygen atoms in total. The van der Waals surface area contributed by atoms with Gasteiger partial charge in [-0.2, -0.15) is 0 Å². The van der Waals surface area contributed by atoms with Crippen LogP contribution in [0.25, 0.3) is 0 Å². The van der Waals surface area contributed by atoms with Crippen molar-refractivity contribution >= 4 is 0 Å². The minimum atomic E-state index is 0.916. The molecule has 104 valence electrons. The molecular formula is C17H21N3. The number of rotatable bonds is 3. The van der Waals surface area contributed by atoms with Crippen LogP contribution in [0.5, 0.6) is 0 Å². The summed E-state index contributed by atoms with van der Waals surface area (Å²) in [4.78, 5) is 9.42. The lowest BCUT2D eigenvalue weighted by Gasteiger charge is -2.18. The van der Waals surface area contributed by atoms with Crippen molar-refractivity contribution in [3.63, 3.8) is 0 Å². The molecular weight excluding hydrogens is 246 g/mol. The Kier molecular flexibility index (Phi) is 3.79. The van der Waals surface area contributed by atoms with Crippen LogP contribution in [-0.2, 0) is 25.8 Å². The lowest BCUT2D eigenvalue weighted by atomic mass is 10.0. The van der Waals surface area contributed by atoms with Gasteiger partial charge in [0.05, 0.1) is 5.69 Å². The summed E-state index contributed by atoms with van der Waals surface area (Å²) < 4.78 is 0. The molecule has 2 aromatic rings. The van der Waals surface area contributed by atoms with E-state index in [2.05, 4.69) is 48.4 Å². The fourth-order valence-corrected chi connectivity index (χ4v) is 2.70. The summed E-state index contributed by atoms with van der Waals surface area (Å²) in [5.41, 5.74) is 6.35. The molecule has 1 aromatic heterocycles. The van der Waals surface area contributed by atoms with E-state index in [1.54, 1.807) is 0 Å². The topological polar surface area (TPSA) is 37.8 Å². The lowest BCUT2D eigenvalue weighted by molar-refractivity contribution is 0.613. The van der Waals surface area contributed by atoms with Crippen LogP contribution >= 0.6 is 0 Å². The van der Waals surface area contributed by atoms with E-state index in [9.17, 15) is 0 Å². The van der Waals surface area contributed by atoms with Crippen LogP contribution in [0.1, 0.15) is 33.9 Å². The molecule has 0 atom stereocenters. The van der Waals surface area contributed by atoms with Crippen LogP contribution in [0.2, 0.25) is 0 Å². The molecule has 0 unspecified atom stereocenters. The number of aryl methyl sites for hydroxylation is 4. The highest BCUT2D eigenvalue weighted by molar-refractivity contribution is 5.28. The third-order valence-corrected chi connectivity index (χ3v) is 3.94. The molecule has 1 aromatic carbocycles. The van der Waals surface area contributed by atoms with Crippen LogP contribution in [0, 0.1) is 13.8 Å². The van der Waals surface area contributed by atoms with Gasteiger partial charge in [0.25, 0.3) is 0 Å². The van der Waals surface area contributed by atoms with E-state index < -0.39 is 0 Å². The Bertz CT molecular complexity index is 602. The van der Waals surface area contributed by atoms with Gasteiger partial charge in [0.1, 0.15) is 5.82 Å². The first-order valence-electron chi connectivity index (χ1n) is 7.34. The highest BCUT2D eigenvalue weighted by Gasteiger charge is 2.14. The largest absolute Gasteiger partial charge is 0.312 e. The van der Waals surface area contributed by atoms with Gasteiger partial charge in [0.15, 0.2) is 0 Å². The minimum Gasteiger partial charge on any atom is -0.312 e. The lowest BCUT2D eigenvalue weighted by Crippen LogP contribution is -2.26. The maximum absolute atomic E-state index is 4.76. The van der Waals surface area contributed by atoms with Crippen molar-refractivity contribution in [3.05, 3.63) is 58.2 Å². The summed E-state index contributed by atoms with van der Waals surface area (Å²) in [6.07, 6.45) is 2.96. The maximum Gasteiger partial charge on any atom is 0.129 e. The molecule has 1 aliphatic heterocycles. The van der Waals surface area contributed by atoms with Gasteiger partial charge >= 0.3 is 0 Å². The highest BCUT2D eigenvalue weighted by Crippen LogP contribution is 2.16. The van der Waals surface area contributed by atoms with Crippen LogP contribution in [0.3, 0.4) is 0 Å². The SMILES string of the molecule is Cc1ccc(CCc2nc(C)c3c(n2)CCNC3)cc1. The van der Waals surface area contributed by atoms with Crippen LogP contribution in [-0.4, -0.2) is 16.5 Å². The fraction of sp³-hybridized carbons (Fsp3) is 0.412. The van der Waals surface area contributed by atoms with E-state index in [1.165, 1.54) is 22.4 Å². The number of nitrogens with zero attached hydrogens (tertiary/aromatic N) is 2. The third-order valence-electron chi connectivity index (χ3n) is 3.94. The van der Waals surface area contributed by atoms with Crippen molar-refractivity contribution in [2.24, 2.45) is 0 Å². The fourth-order valence-electron chi connectivity index (χ4n) is 2.70. The number of aromatic nitrogens is 2. The number of hydrogen-bond donors (Lipinski definition) is 1. The van der Waals surface area contributed by atoms with E-state index in [1.807, 2.05) is 0 Å². The molecule has 20 heavy (non-hydrogen) atoms. The van der Waals surface area contributed by atoms with Crippen LogP contribution < -0.4 is 5.32 Å². The van der Waals surface area contributed by atoms with Gasteiger partial charge in [-0.15, -0.1) is 0 Å². The minimum absolute atomic E-state index is 0.916. The molecule has 0 amide bonds.